The van der Waals surface area contributed by atoms with E-state index in [1.54, 1.807) is 0 Å². The fraction of sp³-hybridized carbons (Fsp3) is 0.812. The molecule has 0 amide bonds. The third kappa shape index (κ3) is 6.56. The molecule has 0 bridgehead atoms. The summed E-state index contributed by atoms with van der Waals surface area (Å²) in [5, 5.41) is 3.22. The van der Waals surface area contributed by atoms with E-state index >= 15 is 0 Å². The first-order chi connectivity index (χ1) is 11.2. The first-order valence-corrected chi connectivity index (χ1v) is 8.78. The molecule has 0 saturated carbocycles. The fourth-order valence-corrected chi connectivity index (χ4v) is 2.68. The molecule has 0 radical (unpaired) electrons. The van der Waals surface area contributed by atoms with Gasteiger partial charge < -0.3 is 20.7 Å². The van der Waals surface area contributed by atoms with E-state index in [4.69, 9.17) is 10.5 Å². The summed E-state index contributed by atoms with van der Waals surface area (Å²) in [6.45, 7) is 5.14. The van der Waals surface area contributed by atoms with Crippen LogP contribution in [-0.4, -0.2) is 52.6 Å². The molecule has 2 rings (SSSR count). The number of hydrogen-bond acceptors (Lipinski definition) is 7. The fourth-order valence-electron chi connectivity index (χ4n) is 2.68. The van der Waals surface area contributed by atoms with Crippen molar-refractivity contribution in [3.8, 4) is 6.01 Å². The summed E-state index contributed by atoms with van der Waals surface area (Å²) >= 11 is 0. The summed E-state index contributed by atoms with van der Waals surface area (Å²) < 4.78 is 5.88. The molecule has 1 saturated heterocycles. The molecule has 1 aromatic rings. The Morgan fingerprint density at radius 3 is 2.61 bits per heavy atom. The molecule has 1 aromatic heterocycles. The van der Waals surface area contributed by atoms with Crippen molar-refractivity contribution in [2.24, 2.45) is 0 Å². The molecule has 3 N–H and O–H groups in total. The summed E-state index contributed by atoms with van der Waals surface area (Å²) in [5.41, 5.74) is 5.77. The minimum absolute atomic E-state index is 0.162. The predicted molar refractivity (Wildman–Crippen MR) is 92.6 cm³/mol. The number of nitrogens with two attached hydrogens (primary N) is 1. The van der Waals surface area contributed by atoms with Crippen LogP contribution >= 0.6 is 0 Å². The average Bonchev–Trinajstić information content (AvgIpc) is 2.52. The van der Waals surface area contributed by atoms with Crippen LogP contribution in [0.25, 0.3) is 0 Å². The van der Waals surface area contributed by atoms with Crippen LogP contribution in [-0.2, 0) is 0 Å². The highest BCUT2D eigenvalue weighted by molar-refractivity contribution is 5.32. The lowest BCUT2D eigenvalue weighted by atomic mass is 10.1. The largest absolute Gasteiger partial charge is 0.460 e. The number of rotatable bonds is 9. The molecule has 7 nitrogen and oxygen atoms in total. The van der Waals surface area contributed by atoms with Gasteiger partial charge in [0.2, 0.25) is 11.9 Å². The Labute approximate surface area is 139 Å². The normalized spacial score (nSPS) is 16.4. The Kier molecular flexibility index (Phi) is 7.32. The molecule has 1 aliphatic heterocycles. The number of anilines is 2. The molecule has 0 aliphatic carbocycles. The summed E-state index contributed by atoms with van der Waals surface area (Å²) in [4.78, 5) is 14.9. The Morgan fingerprint density at radius 1 is 1.13 bits per heavy atom. The first-order valence-electron chi connectivity index (χ1n) is 8.78. The van der Waals surface area contributed by atoms with Crippen molar-refractivity contribution in [1.29, 1.82) is 0 Å². The van der Waals surface area contributed by atoms with Gasteiger partial charge in [0, 0.05) is 19.6 Å². The van der Waals surface area contributed by atoms with Gasteiger partial charge in [0.25, 0.3) is 0 Å². The second kappa shape index (κ2) is 9.50. The molecule has 7 heteroatoms. The van der Waals surface area contributed by atoms with Gasteiger partial charge in [-0.05, 0) is 26.3 Å². The monoisotopic (exact) mass is 322 g/mol. The zero-order chi connectivity index (χ0) is 16.5. The van der Waals surface area contributed by atoms with Crippen molar-refractivity contribution in [3.05, 3.63) is 0 Å². The molecule has 2 heterocycles. The lowest BCUT2D eigenvalue weighted by Crippen LogP contribution is -2.36. The van der Waals surface area contributed by atoms with Gasteiger partial charge in [-0.25, -0.2) is 0 Å². The van der Waals surface area contributed by atoms with E-state index < -0.39 is 0 Å². The Bertz CT molecular complexity index is 462. The van der Waals surface area contributed by atoms with Gasteiger partial charge in [0.1, 0.15) is 6.10 Å². The van der Waals surface area contributed by atoms with Crippen LogP contribution in [0.4, 0.5) is 11.9 Å². The lowest BCUT2D eigenvalue weighted by Gasteiger charge is -2.28. The third-order valence-electron chi connectivity index (χ3n) is 4.13. The minimum Gasteiger partial charge on any atom is -0.460 e. The van der Waals surface area contributed by atoms with Gasteiger partial charge in [-0.1, -0.05) is 32.6 Å². The SMILES string of the molecule is CCCCCCCNc1nc(N)nc(OC2CCN(C)CC2)n1. The second-order valence-electron chi connectivity index (χ2n) is 6.26. The van der Waals surface area contributed by atoms with E-state index in [0.29, 0.717) is 12.0 Å². The highest BCUT2D eigenvalue weighted by Crippen LogP contribution is 2.17. The van der Waals surface area contributed by atoms with E-state index in [1.165, 1.54) is 25.7 Å². The number of likely N-dealkylation sites (tertiary alicyclic amines) is 1. The van der Waals surface area contributed by atoms with Crippen LogP contribution in [0, 0.1) is 0 Å². The minimum atomic E-state index is 0.162. The lowest BCUT2D eigenvalue weighted by molar-refractivity contribution is 0.105. The van der Waals surface area contributed by atoms with Crippen molar-refractivity contribution in [2.75, 3.05) is 37.7 Å². The van der Waals surface area contributed by atoms with Crippen LogP contribution in [0.15, 0.2) is 0 Å². The zero-order valence-corrected chi connectivity index (χ0v) is 14.4. The number of nitrogen functional groups attached to an aromatic ring is 1. The van der Waals surface area contributed by atoms with Gasteiger partial charge in [-0.2, -0.15) is 15.0 Å². The van der Waals surface area contributed by atoms with Crippen LogP contribution in [0.3, 0.4) is 0 Å². The van der Waals surface area contributed by atoms with Gasteiger partial charge in [-0.3, -0.25) is 0 Å². The first kappa shape index (κ1) is 17.7. The average molecular weight is 322 g/mol. The number of ether oxygens (including phenoxy) is 1. The molecule has 1 fully saturated rings. The Balaban J connectivity index is 1.79. The standard InChI is InChI=1S/C16H30N6O/c1-3-4-5-6-7-10-18-15-19-14(17)20-16(21-15)23-13-8-11-22(2)12-9-13/h13H,3-12H2,1-2H3,(H3,17,18,19,20,21). The van der Waals surface area contributed by atoms with Gasteiger partial charge in [-0.15, -0.1) is 0 Å². The van der Waals surface area contributed by atoms with E-state index in [1.807, 2.05) is 0 Å². The summed E-state index contributed by atoms with van der Waals surface area (Å²) in [7, 11) is 2.12. The summed E-state index contributed by atoms with van der Waals surface area (Å²) in [6.07, 6.45) is 8.31. The molecule has 0 aromatic carbocycles. The molecular weight excluding hydrogens is 292 g/mol. The van der Waals surface area contributed by atoms with E-state index in [9.17, 15) is 0 Å². The quantitative estimate of drug-likeness (QED) is 0.674. The molecule has 0 spiro atoms. The Morgan fingerprint density at radius 2 is 1.87 bits per heavy atom. The van der Waals surface area contributed by atoms with E-state index in [-0.39, 0.29) is 12.1 Å². The highest BCUT2D eigenvalue weighted by atomic mass is 16.5. The molecule has 0 unspecified atom stereocenters. The number of nitrogens with one attached hydrogen (secondary N) is 1. The van der Waals surface area contributed by atoms with E-state index in [2.05, 4.69) is 39.1 Å². The van der Waals surface area contributed by atoms with Gasteiger partial charge in [0.05, 0.1) is 0 Å². The maximum Gasteiger partial charge on any atom is 0.323 e. The summed E-state index contributed by atoms with van der Waals surface area (Å²) in [6, 6.07) is 0.334. The van der Waals surface area contributed by atoms with Crippen molar-refractivity contribution in [3.63, 3.8) is 0 Å². The number of unbranched alkanes of at least 4 members (excludes halogenated alkanes) is 4. The number of aromatic nitrogens is 3. The predicted octanol–water partition coefficient (Wildman–Crippen LogP) is 2.31. The van der Waals surface area contributed by atoms with Gasteiger partial charge >= 0.3 is 6.01 Å². The zero-order valence-electron chi connectivity index (χ0n) is 14.4. The van der Waals surface area contributed by atoms with Crippen LogP contribution in [0.1, 0.15) is 51.9 Å². The molecular formula is C16H30N6O. The molecule has 1 aliphatic rings. The van der Waals surface area contributed by atoms with Crippen molar-refractivity contribution in [1.82, 2.24) is 19.9 Å². The third-order valence-corrected chi connectivity index (χ3v) is 4.13. The van der Waals surface area contributed by atoms with Crippen molar-refractivity contribution < 1.29 is 4.74 Å². The summed E-state index contributed by atoms with van der Waals surface area (Å²) in [5.74, 6) is 0.715. The number of nitrogens with zero attached hydrogens (tertiary/aromatic N) is 4. The number of piperidine rings is 1. The van der Waals surface area contributed by atoms with Crippen molar-refractivity contribution >= 4 is 11.9 Å². The van der Waals surface area contributed by atoms with Crippen molar-refractivity contribution in [2.45, 2.75) is 58.0 Å². The van der Waals surface area contributed by atoms with Crippen LogP contribution in [0.5, 0.6) is 6.01 Å². The molecule has 0 atom stereocenters. The van der Waals surface area contributed by atoms with Gasteiger partial charge in [0.15, 0.2) is 0 Å². The highest BCUT2D eigenvalue weighted by Gasteiger charge is 2.19. The topological polar surface area (TPSA) is 89.2 Å². The second-order valence-corrected chi connectivity index (χ2v) is 6.26. The molecule has 130 valence electrons. The smallest absolute Gasteiger partial charge is 0.323 e. The Hall–Kier alpha value is -1.63. The molecule has 23 heavy (non-hydrogen) atoms. The maximum absolute atomic E-state index is 5.88. The van der Waals surface area contributed by atoms with E-state index in [0.717, 1.165) is 38.9 Å². The number of hydrogen-bond donors (Lipinski definition) is 2. The van der Waals surface area contributed by atoms with Crippen LogP contribution < -0.4 is 15.8 Å². The maximum atomic E-state index is 5.88. The van der Waals surface area contributed by atoms with Crippen LogP contribution in [0.2, 0.25) is 0 Å².